The molecule has 1 heterocycles. The van der Waals surface area contributed by atoms with E-state index in [9.17, 15) is 4.39 Å². The van der Waals surface area contributed by atoms with Crippen molar-refractivity contribution in [3.8, 4) is 11.5 Å². The first kappa shape index (κ1) is 13.1. The van der Waals surface area contributed by atoms with E-state index in [1.807, 2.05) is 6.07 Å². The Morgan fingerprint density at radius 2 is 2.00 bits per heavy atom. The zero-order valence-corrected chi connectivity index (χ0v) is 11.1. The van der Waals surface area contributed by atoms with E-state index in [0.29, 0.717) is 17.2 Å². The van der Waals surface area contributed by atoms with Crippen molar-refractivity contribution < 1.29 is 13.9 Å². The summed E-state index contributed by atoms with van der Waals surface area (Å²) >= 11 is 0. The average molecular weight is 253 g/mol. The van der Waals surface area contributed by atoms with Gasteiger partial charge in [-0.1, -0.05) is 0 Å². The van der Waals surface area contributed by atoms with Gasteiger partial charge in [0.25, 0.3) is 0 Å². The molecule has 18 heavy (non-hydrogen) atoms. The van der Waals surface area contributed by atoms with Crippen LogP contribution in [0.25, 0.3) is 0 Å². The Balaban J connectivity index is 2.46. The number of alkyl halides is 1. The van der Waals surface area contributed by atoms with E-state index in [1.54, 1.807) is 20.3 Å². The Labute approximate surface area is 107 Å². The molecular formula is C14H20FNO2. The lowest BCUT2D eigenvalue weighted by Gasteiger charge is -2.18. The molecule has 1 N–H and O–H groups in total. The molecule has 0 spiro atoms. The number of benzene rings is 1. The van der Waals surface area contributed by atoms with Gasteiger partial charge in [0.05, 0.1) is 14.2 Å². The second-order valence-electron chi connectivity index (χ2n) is 4.64. The monoisotopic (exact) mass is 253 g/mol. The molecule has 1 aromatic carbocycles. The van der Waals surface area contributed by atoms with Crippen molar-refractivity contribution >= 4 is 0 Å². The fourth-order valence-corrected chi connectivity index (χ4v) is 2.50. The number of nitrogens with one attached hydrogen (secondary N) is 1. The molecule has 1 saturated heterocycles. The van der Waals surface area contributed by atoms with Crippen molar-refractivity contribution in [2.75, 3.05) is 27.3 Å². The predicted octanol–water partition coefficient (Wildman–Crippen LogP) is 2.81. The Kier molecular flexibility index (Phi) is 4.07. The lowest BCUT2D eigenvalue weighted by Crippen LogP contribution is -2.09. The van der Waals surface area contributed by atoms with E-state index >= 15 is 0 Å². The van der Waals surface area contributed by atoms with Crippen molar-refractivity contribution in [2.45, 2.75) is 25.4 Å². The van der Waals surface area contributed by atoms with E-state index in [1.165, 1.54) is 6.92 Å². The molecule has 1 fully saturated rings. The van der Waals surface area contributed by atoms with Crippen molar-refractivity contribution in [1.29, 1.82) is 0 Å². The zero-order valence-electron chi connectivity index (χ0n) is 11.1. The van der Waals surface area contributed by atoms with Crippen LogP contribution in [0.2, 0.25) is 0 Å². The lowest BCUT2D eigenvalue weighted by molar-refractivity contribution is 0.341. The van der Waals surface area contributed by atoms with Crippen molar-refractivity contribution in [1.82, 2.24) is 5.32 Å². The fourth-order valence-electron chi connectivity index (χ4n) is 2.50. The summed E-state index contributed by atoms with van der Waals surface area (Å²) in [5, 5.41) is 3.32. The standard InChI is InChI=1S/C14H20FNO2/c1-9(15)11-6-12(10-4-5-16-8-10)14(18-3)7-13(11)17-2/h6-7,9-10,16H,4-5,8H2,1-3H3. The third kappa shape index (κ3) is 2.43. The highest BCUT2D eigenvalue weighted by Gasteiger charge is 2.23. The van der Waals surface area contributed by atoms with Gasteiger partial charge in [-0.2, -0.15) is 0 Å². The first-order chi connectivity index (χ1) is 8.67. The second kappa shape index (κ2) is 5.57. The van der Waals surface area contributed by atoms with Gasteiger partial charge >= 0.3 is 0 Å². The molecule has 0 aromatic heterocycles. The molecular weight excluding hydrogens is 233 g/mol. The van der Waals surface area contributed by atoms with Gasteiger partial charge in [-0.05, 0) is 31.5 Å². The molecule has 0 bridgehead atoms. The van der Waals surface area contributed by atoms with E-state index in [2.05, 4.69) is 5.32 Å². The van der Waals surface area contributed by atoms with Crippen LogP contribution in [0.15, 0.2) is 12.1 Å². The van der Waals surface area contributed by atoms with Crippen LogP contribution in [-0.4, -0.2) is 27.3 Å². The summed E-state index contributed by atoms with van der Waals surface area (Å²) in [4.78, 5) is 0. The number of methoxy groups -OCH3 is 2. The minimum absolute atomic E-state index is 0.392. The lowest BCUT2D eigenvalue weighted by atomic mass is 9.94. The molecule has 2 unspecified atom stereocenters. The molecule has 1 aliphatic rings. The highest BCUT2D eigenvalue weighted by molar-refractivity contribution is 5.49. The van der Waals surface area contributed by atoms with E-state index in [0.717, 1.165) is 30.8 Å². The van der Waals surface area contributed by atoms with Crippen LogP contribution in [0.1, 0.15) is 36.6 Å². The Hall–Kier alpha value is -1.29. The quantitative estimate of drug-likeness (QED) is 0.895. The van der Waals surface area contributed by atoms with Crippen LogP contribution in [0.4, 0.5) is 4.39 Å². The van der Waals surface area contributed by atoms with E-state index in [4.69, 9.17) is 9.47 Å². The molecule has 1 aromatic rings. The van der Waals surface area contributed by atoms with E-state index in [-0.39, 0.29) is 0 Å². The normalized spacial score (nSPS) is 20.8. The minimum Gasteiger partial charge on any atom is -0.496 e. The van der Waals surface area contributed by atoms with Gasteiger partial charge in [-0.25, -0.2) is 4.39 Å². The summed E-state index contributed by atoms with van der Waals surface area (Å²) in [6.45, 7) is 3.45. The van der Waals surface area contributed by atoms with Gasteiger partial charge in [0.2, 0.25) is 0 Å². The maximum Gasteiger partial charge on any atom is 0.128 e. The minimum atomic E-state index is -1.04. The smallest absolute Gasteiger partial charge is 0.128 e. The maximum atomic E-state index is 13.6. The number of hydrogen-bond donors (Lipinski definition) is 1. The molecule has 0 amide bonds. The highest BCUT2D eigenvalue weighted by atomic mass is 19.1. The van der Waals surface area contributed by atoms with Gasteiger partial charge in [0.15, 0.2) is 0 Å². The Morgan fingerprint density at radius 1 is 1.28 bits per heavy atom. The van der Waals surface area contributed by atoms with Gasteiger partial charge in [-0.3, -0.25) is 0 Å². The Morgan fingerprint density at radius 3 is 2.50 bits per heavy atom. The molecule has 2 rings (SSSR count). The number of halogens is 1. The number of hydrogen-bond acceptors (Lipinski definition) is 3. The summed E-state index contributed by atoms with van der Waals surface area (Å²) in [5.74, 6) is 1.73. The molecule has 1 aliphatic heterocycles. The highest BCUT2D eigenvalue weighted by Crippen LogP contribution is 2.39. The summed E-state index contributed by atoms with van der Waals surface area (Å²) in [5.41, 5.74) is 1.67. The van der Waals surface area contributed by atoms with Crippen LogP contribution in [0.3, 0.4) is 0 Å². The second-order valence-corrected chi connectivity index (χ2v) is 4.64. The third-order valence-electron chi connectivity index (χ3n) is 3.51. The summed E-state index contributed by atoms with van der Waals surface area (Å²) in [6.07, 6.45) is 0.0157. The van der Waals surface area contributed by atoms with Crippen LogP contribution in [-0.2, 0) is 0 Å². The molecule has 100 valence electrons. The summed E-state index contributed by atoms with van der Waals surface area (Å²) < 4.78 is 24.3. The van der Waals surface area contributed by atoms with E-state index < -0.39 is 6.17 Å². The average Bonchev–Trinajstić information content (AvgIpc) is 2.90. The van der Waals surface area contributed by atoms with Crippen molar-refractivity contribution in [2.24, 2.45) is 0 Å². The molecule has 0 radical (unpaired) electrons. The SMILES string of the molecule is COc1cc(OC)c(C2CCNC2)cc1C(C)F. The molecule has 4 heteroatoms. The largest absolute Gasteiger partial charge is 0.496 e. The summed E-state index contributed by atoms with van der Waals surface area (Å²) in [7, 11) is 3.19. The topological polar surface area (TPSA) is 30.5 Å². The molecule has 0 aliphatic carbocycles. The van der Waals surface area contributed by atoms with Crippen LogP contribution < -0.4 is 14.8 Å². The van der Waals surface area contributed by atoms with Crippen molar-refractivity contribution in [3.05, 3.63) is 23.3 Å². The van der Waals surface area contributed by atoms with Crippen LogP contribution in [0, 0.1) is 0 Å². The first-order valence-electron chi connectivity index (χ1n) is 6.28. The Bertz CT molecular complexity index is 415. The van der Waals surface area contributed by atoms with Crippen LogP contribution in [0.5, 0.6) is 11.5 Å². The fraction of sp³-hybridized carbons (Fsp3) is 0.571. The van der Waals surface area contributed by atoms with Crippen molar-refractivity contribution in [3.63, 3.8) is 0 Å². The van der Waals surface area contributed by atoms with Gasteiger partial charge in [-0.15, -0.1) is 0 Å². The molecule has 3 nitrogen and oxygen atoms in total. The number of ether oxygens (including phenoxy) is 2. The van der Waals surface area contributed by atoms with Gasteiger partial charge in [0.1, 0.15) is 17.7 Å². The third-order valence-corrected chi connectivity index (χ3v) is 3.51. The van der Waals surface area contributed by atoms with Crippen LogP contribution >= 0.6 is 0 Å². The van der Waals surface area contributed by atoms with Gasteiger partial charge < -0.3 is 14.8 Å². The molecule has 2 atom stereocenters. The first-order valence-corrected chi connectivity index (χ1v) is 6.28. The van der Waals surface area contributed by atoms with Gasteiger partial charge in [0, 0.05) is 24.1 Å². The summed E-state index contributed by atoms with van der Waals surface area (Å²) in [6, 6.07) is 3.68. The number of rotatable bonds is 4. The zero-order chi connectivity index (χ0) is 13.1. The predicted molar refractivity (Wildman–Crippen MR) is 69.3 cm³/mol. The maximum absolute atomic E-state index is 13.6. The molecule has 0 saturated carbocycles.